The first kappa shape index (κ1) is 9.70. The summed E-state index contributed by atoms with van der Waals surface area (Å²) < 4.78 is 18.8. The van der Waals surface area contributed by atoms with Crippen LogP contribution in [0.5, 0.6) is 0 Å². The Morgan fingerprint density at radius 1 is 1.41 bits per heavy atom. The summed E-state index contributed by atoms with van der Waals surface area (Å²) >= 11 is 0. The maximum absolute atomic E-state index is 12.9. The maximum atomic E-state index is 12.9. The van der Waals surface area contributed by atoms with Crippen molar-refractivity contribution in [1.29, 1.82) is 0 Å². The Balaban J connectivity index is 1.81. The second-order valence-electron chi connectivity index (χ2n) is 3.29. The smallest absolute Gasteiger partial charge is 0.243 e. The van der Waals surface area contributed by atoms with Gasteiger partial charge in [-0.1, -0.05) is 5.16 Å². The Bertz CT molecular complexity index is 634. The summed E-state index contributed by atoms with van der Waals surface area (Å²) in [5, 5.41) is 10.6. The molecule has 0 fully saturated rings. The van der Waals surface area contributed by atoms with Crippen molar-refractivity contribution in [3.8, 4) is 0 Å². The first-order valence-corrected chi connectivity index (χ1v) is 4.82. The highest BCUT2D eigenvalue weighted by Gasteiger charge is 2.05. The largest absolute Gasteiger partial charge is 0.345 e. The molecular formula is C9H7FN6O. The fourth-order valence-corrected chi connectivity index (χ4v) is 1.36. The van der Waals surface area contributed by atoms with Crippen molar-refractivity contribution < 1.29 is 8.91 Å². The highest BCUT2D eigenvalue weighted by Crippen LogP contribution is 2.07. The van der Waals surface area contributed by atoms with Gasteiger partial charge >= 0.3 is 0 Å². The molecular weight excluding hydrogens is 227 g/mol. The molecule has 0 radical (unpaired) electrons. The summed E-state index contributed by atoms with van der Waals surface area (Å²) in [4.78, 5) is 7.98. The zero-order chi connectivity index (χ0) is 11.7. The Morgan fingerprint density at radius 3 is 3.18 bits per heavy atom. The average Bonchev–Trinajstić information content (AvgIpc) is 2.94. The van der Waals surface area contributed by atoms with Crippen LogP contribution in [-0.4, -0.2) is 24.7 Å². The van der Waals surface area contributed by atoms with Gasteiger partial charge in [-0.05, 0) is 12.1 Å². The lowest BCUT2D eigenvalue weighted by Gasteiger charge is -1.94. The maximum Gasteiger partial charge on any atom is 0.243 e. The Morgan fingerprint density at radius 2 is 2.35 bits per heavy atom. The van der Waals surface area contributed by atoms with Gasteiger partial charge in [0.15, 0.2) is 11.5 Å². The van der Waals surface area contributed by atoms with Crippen LogP contribution in [0.2, 0.25) is 0 Å². The number of rotatable bonds is 3. The van der Waals surface area contributed by atoms with Crippen molar-refractivity contribution in [1.82, 2.24) is 24.7 Å². The minimum atomic E-state index is -0.368. The summed E-state index contributed by atoms with van der Waals surface area (Å²) in [6, 6.07) is 2.87. The van der Waals surface area contributed by atoms with Crippen LogP contribution >= 0.6 is 0 Å². The highest BCUT2D eigenvalue weighted by molar-refractivity contribution is 5.42. The third-order valence-corrected chi connectivity index (χ3v) is 2.11. The lowest BCUT2D eigenvalue weighted by molar-refractivity contribution is 0.411. The minimum Gasteiger partial charge on any atom is -0.345 e. The van der Waals surface area contributed by atoms with Crippen LogP contribution in [0.4, 0.5) is 10.3 Å². The van der Waals surface area contributed by atoms with Gasteiger partial charge in [0.25, 0.3) is 0 Å². The molecule has 3 heterocycles. The van der Waals surface area contributed by atoms with Gasteiger partial charge in [0.05, 0.1) is 12.7 Å². The standard InChI is InChI=1S/C9H7FN6O/c10-6-1-2-8-13-9(14-16(8)4-6)11-3-7-12-5-17-15-7/h1-2,4-5H,3H2,(H,11,14). The molecule has 0 aromatic carbocycles. The molecule has 86 valence electrons. The zero-order valence-electron chi connectivity index (χ0n) is 8.54. The Hall–Kier alpha value is -2.51. The summed E-state index contributed by atoms with van der Waals surface area (Å²) in [6.45, 7) is 0.343. The minimum absolute atomic E-state index is 0.343. The first-order valence-electron chi connectivity index (χ1n) is 4.82. The topological polar surface area (TPSA) is 81.1 Å². The Labute approximate surface area is 94.3 Å². The van der Waals surface area contributed by atoms with Crippen LogP contribution in [0.3, 0.4) is 0 Å². The van der Waals surface area contributed by atoms with Gasteiger partial charge < -0.3 is 9.84 Å². The summed E-state index contributed by atoms with van der Waals surface area (Å²) in [6.07, 6.45) is 2.49. The average molecular weight is 234 g/mol. The molecule has 3 aromatic rings. The van der Waals surface area contributed by atoms with Gasteiger partial charge in [-0.2, -0.15) is 9.97 Å². The van der Waals surface area contributed by atoms with E-state index in [4.69, 9.17) is 0 Å². The van der Waals surface area contributed by atoms with Crippen molar-refractivity contribution in [3.05, 3.63) is 36.4 Å². The summed E-state index contributed by atoms with van der Waals surface area (Å²) in [5.74, 6) is 0.502. The molecule has 17 heavy (non-hydrogen) atoms. The van der Waals surface area contributed by atoms with E-state index in [1.54, 1.807) is 6.07 Å². The molecule has 0 atom stereocenters. The van der Waals surface area contributed by atoms with E-state index in [9.17, 15) is 4.39 Å². The SMILES string of the molecule is Fc1ccc2nc(NCc3ncon3)nn2c1. The second-order valence-corrected chi connectivity index (χ2v) is 3.29. The van der Waals surface area contributed by atoms with E-state index >= 15 is 0 Å². The molecule has 0 aliphatic rings. The number of hydrogen-bond donors (Lipinski definition) is 1. The van der Waals surface area contributed by atoms with Gasteiger partial charge in [-0.3, -0.25) is 0 Å². The van der Waals surface area contributed by atoms with Gasteiger partial charge in [-0.25, -0.2) is 8.91 Å². The number of pyridine rings is 1. The van der Waals surface area contributed by atoms with E-state index in [1.807, 2.05) is 0 Å². The van der Waals surface area contributed by atoms with E-state index < -0.39 is 0 Å². The predicted octanol–water partition coefficient (Wildman–Crippen LogP) is 0.863. The molecule has 0 unspecified atom stereocenters. The van der Waals surface area contributed by atoms with Crippen LogP contribution < -0.4 is 5.32 Å². The number of aromatic nitrogens is 5. The zero-order valence-corrected chi connectivity index (χ0v) is 8.54. The molecule has 3 rings (SSSR count). The summed E-state index contributed by atoms with van der Waals surface area (Å²) in [7, 11) is 0. The van der Waals surface area contributed by atoms with Crippen LogP contribution in [0, 0.1) is 5.82 Å². The van der Waals surface area contributed by atoms with Gasteiger partial charge in [0.1, 0.15) is 5.82 Å². The normalized spacial score (nSPS) is 10.9. The molecule has 0 aliphatic carbocycles. The number of nitrogens with zero attached hydrogens (tertiary/aromatic N) is 5. The lowest BCUT2D eigenvalue weighted by Crippen LogP contribution is -2.02. The highest BCUT2D eigenvalue weighted by atomic mass is 19.1. The number of fused-ring (bicyclic) bond motifs is 1. The van der Waals surface area contributed by atoms with Crippen molar-refractivity contribution in [2.45, 2.75) is 6.54 Å². The van der Waals surface area contributed by atoms with E-state index in [0.29, 0.717) is 24.0 Å². The molecule has 1 N–H and O–H groups in total. The van der Waals surface area contributed by atoms with Crippen LogP contribution in [0.25, 0.3) is 5.65 Å². The summed E-state index contributed by atoms with van der Waals surface area (Å²) in [5.41, 5.74) is 0.557. The second kappa shape index (κ2) is 3.81. The van der Waals surface area contributed by atoms with Crippen molar-refractivity contribution in [2.75, 3.05) is 5.32 Å². The third-order valence-electron chi connectivity index (χ3n) is 2.11. The van der Waals surface area contributed by atoms with Crippen LogP contribution in [0.1, 0.15) is 5.82 Å². The molecule has 0 bridgehead atoms. The monoisotopic (exact) mass is 234 g/mol. The lowest BCUT2D eigenvalue weighted by atomic mass is 10.5. The van der Waals surface area contributed by atoms with Crippen molar-refractivity contribution >= 4 is 11.6 Å². The van der Waals surface area contributed by atoms with E-state index in [2.05, 4.69) is 30.1 Å². The van der Waals surface area contributed by atoms with E-state index in [-0.39, 0.29) is 5.82 Å². The fourth-order valence-electron chi connectivity index (χ4n) is 1.36. The first-order chi connectivity index (χ1) is 8.31. The van der Waals surface area contributed by atoms with E-state index in [0.717, 1.165) is 0 Å². The van der Waals surface area contributed by atoms with Gasteiger partial charge in [0.2, 0.25) is 12.3 Å². The molecule has 0 saturated carbocycles. The van der Waals surface area contributed by atoms with Crippen LogP contribution in [0.15, 0.2) is 29.2 Å². The van der Waals surface area contributed by atoms with Crippen molar-refractivity contribution in [3.63, 3.8) is 0 Å². The molecule has 0 spiro atoms. The molecule has 3 aromatic heterocycles. The quantitative estimate of drug-likeness (QED) is 0.724. The van der Waals surface area contributed by atoms with E-state index in [1.165, 1.54) is 23.2 Å². The Kier molecular flexibility index (Phi) is 2.18. The van der Waals surface area contributed by atoms with Gasteiger partial charge in [-0.15, -0.1) is 5.10 Å². The number of nitrogens with one attached hydrogen (secondary N) is 1. The molecule has 8 heteroatoms. The van der Waals surface area contributed by atoms with Crippen molar-refractivity contribution in [2.24, 2.45) is 0 Å². The fraction of sp³-hybridized carbons (Fsp3) is 0.111. The van der Waals surface area contributed by atoms with Gasteiger partial charge in [0, 0.05) is 0 Å². The molecule has 0 aliphatic heterocycles. The number of anilines is 1. The number of hydrogen-bond acceptors (Lipinski definition) is 6. The van der Waals surface area contributed by atoms with Crippen LogP contribution in [-0.2, 0) is 6.54 Å². The molecule has 0 amide bonds. The third kappa shape index (κ3) is 1.92. The molecule has 0 saturated heterocycles. The molecule has 7 nitrogen and oxygen atoms in total. The predicted molar refractivity (Wildman–Crippen MR) is 54.6 cm³/mol. The number of halogens is 1.